The van der Waals surface area contributed by atoms with Crippen LogP contribution >= 0.6 is 15.9 Å². The Bertz CT molecular complexity index is 480. The molecule has 8 heteroatoms. The normalized spacial score (nSPS) is 12.0. The molecule has 1 heterocycles. The fourth-order valence-electron chi connectivity index (χ4n) is 1.17. The Morgan fingerprint density at radius 3 is 2.78 bits per heavy atom. The number of anilines is 1. The van der Waals surface area contributed by atoms with E-state index in [0.717, 1.165) is 0 Å². The highest BCUT2D eigenvalue weighted by Gasteiger charge is 2.25. The smallest absolute Gasteiger partial charge is 0.278 e. The zero-order chi connectivity index (χ0) is 13.9. The number of carbonyl (C=O) groups is 2. The number of rotatable bonds is 3. The van der Waals surface area contributed by atoms with E-state index in [1.807, 2.05) is 0 Å². The predicted octanol–water partition coefficient (Wildman–Crippen LogP) is -0.103. The van der Waals surface area contributed by atoms with Gasteiger partial charge in [-0.1, -0.05) is 6.92 Å². The van der Waals surface area contributed by atoms with Crippen LogP contribution < -0.4 is 11.6 Å². The second-order valence-corrected chi connectivity index (χ2v) is 4.60. The van der Waals surface area contributed by atoms with Crippen molar-refractivity contribution in [3.63, 3.8) is 0 Å². The molecule has 0 aromatic carbocycles. The van der Waals surface area contributed by atoms with Gasteiger partial charge in [-0.2, -0.15) is 0 Å². The lowest BCUT2D eigenvalue weighted by Gasteiger charge is -2.18. The summed E-state index contributed by atoms with van der Waals surface area (Å²) in [4.78, 5) is 27.3. The van der Waals surface area contributed by atoms with E-state index in [2.05, 4.69) is 20.9 Å². The monoisotopic (exact) mass is 316 g/mol. The Morgan fingerprint density at radius 2 is 2.22 bits per heavy atom. The number of halogens is 1. The van der Waals surface area contributed by atoms with Crippen LogP contribution in [0, 0.1) is 5.92 Å². The number of nitrogens with two attached hydrogens (primary N) is 2. The summed E-state index contributed by atoms with van der Waals surface area (Å²) in [7, 11) is 0. The van der Waals surface area contributed by atoms with Crippen LogP contribution in [0.2, 0.25) is 0 Å². The second kappa shape index (κ2) is 5.89. The van der Waals surface area contributed by atoms with E-state index in [4.69, 9.17) is 16.7 Å². The van der Waals surface area contributed by atoms with Gasteiger partial charge in [0.2, 0.25) is 5.91 Å². The van der Waals surface area contributed by atoms with Gasteiger partial charge < -0.3 is 10.8 Å². The van der Waals surface area contributed by atoms with Crippen molar-refractivity contribution in [2.24, 2.45) is 11.8 Å². The van der Waals surface area contributed by atoms with Crippen molar-refractivity contribution in [3.8, 4) is 0 Å². The average molecular weight is 317 g/mol. The van der Waals surface area contributed by atoms with Gasteiger partial charge in [-0.3, -0.25) is 9.59 Å². The van der Waals surface area contributed by atoms with Crippen LogP contribution in [-0.2, 0) is 4.79 Å². The minimum Gasteiger partial charge on any atom is -0.396 e. The third-order valence-electron chi connectivity index (χ3n) is 2.27. The van der Waals surface area contributed by atoms with E-state index in [0.29, 0.717) is 9.48 Å². The van der Waals surface area contributed by atoms with Gasteiger partial charge in [0.15, 0.2) is 0 Å². The van der Waals surface area contributed by atoms with Crippen LogP contribution in [0.25, 0.3) is 0 Å². The standard InChI is InChI=1S/C10H13BrN4O3/c1-5(4-16)9(17)15(13)10(18)7-2-6(11)3-14-8(7)12/h2-3,5,16H,4,13H2,1H3,(H2,12,14)/t5-/m0/s1. The molecular weight excluding hydrogens is 304 g/mol. The largest absolute Gasteiger partial charge is 0.396 e. The SMILES string of the molecule is C[C@@H](CO)C(=O)N(N)C(=O)c1cc(Br)cnc1N. The van der Waals surface area contributed by atoms with Gasteiger partial charge in [0.25, 0.3) is 5.91 Å². The first-order valence-corrected chi connectivity index (χ1v) is 5.82. The molecule has 1 rings (SSSR count). The van der Waals surface area contributed by atoms with Gasteiger partial charge in [-0.05, 0) is 22.0 Å². The maximum absolute atomic E-state index is 11.9. The average Bonchev–Trinajstić information content (AvgIpc) is 2.38. The number of aliphatic hydroxyl groups excluding tert-OH is 1. The maximum Gasteiger partial charge on any atom is 0.278 e. The highest BCUT2D eigenvalue weighted by Crippen LogP contribution is 2.17. The highest BCUT2D eigenvalue weighted by atomic mass is 79.9. The predicted molar refractivity (Wildman–Crippen MR) is 68.0 cm³/mol. The molecule has 0 aliphatic rings. The molecule has 2 amide bonds. The van der Waals surface area contributed by atoms with Crippen molar-refractivity contribution in [1.82, 2.24) is 9.99 Å². The number of amides is 2. The van der Waals surface area contributed by atoms with Gasteiger partial charge in [-0.25, -0.2) is 15.8 Å². The molecule has 0 radical (unpaired) electrons. The van der Waals surface area contributed by atoms with Crippen molar-refractivity contribution in [2.45, 2.75) is 6.92 Å². The summed E-state index contributed by atoms with van der Waals surface area (Å²) in [5, 5.41) is 9.28. The highest BCUT2D eigenvalue weighted by molar-refractivity contribution is 9.10. The Kier molecular flexibility index (Phi) is 4.76. The summed E-state index contributed by atoms with van der Waals surface area (Å²) in [6.45, 7) is 1.06. The molecule has 1 atom stereocenters. The van der Waals surface area contributed by atoms with Crippen LogP contribution in [0.15, 0.2) is 16.7 Å². The van der Waals surface area contributed by atoms with E-state index < -0.39 is 24.3 Å². The summed E-state index contributed by atoms with van der Waals surface area (Å²) in [5.74, 6) is 3.16. The van der Waals surface area contributed by atoms with Crippen LogP contribution in [0.5, 0.6) is 0 Å². The number of carbonyl (C=O) groups excluding carboxylic acids is 2. The summed E-state index contributed by atoms with van der Waals surface area (Å²) in [5.41, 5.74) is 5.56. The third-order valence-corrected chi connectivity index (χ3v) is 2.70. The molecule has 0 unspecified atom stereocenters. The van der Waals surface area contributed by atoms with Crippen LogP contribution in [0.3, 0.4) is 0 Å². The zero-order valence-corrected chi connectivity index (χ0v) is 11.2. The second-order valence-electron chi connectivity index (χ2n) is 3.68. The Hall–Kier alpha value is -1.51. The lowest BCUT2D eigenvalue weighted by Crippen LogP contribution is -2.46. The Morgan fingerprint density at radius 1 is 1.61 bits per heavy atom. The first-order valence-electron chi connectivity index (χ1n) is 5.03. The quantitative estimate of drug-likeness (QED) is 0.406. The van der Waals surface area contributed by atoms with Crippen molar-refractivity contribution in [2.75, 3.05) is 12.3 Å². The van der Waals surface area contributed by atoms with Crippen LogP contribution in [0.1, 0.15) is 17.3 Å². The lowest BCUT2D eigenvalue weighted by molar-refractivity contribution is -0.133. The summed E-state index contributed by atoms with van der Waals surface area (Å²) >= 11 is 3.14. The molecule has 0 fully saturated rings. The van der Waals surface area contributed by atoms with E-state index >= 15 is 0 Å². The van der Waals surface area contributed by atoms with Gasteiger partial charge >= 0.3 is 0 Å². The van der Waals surface area contributed by atoms with E-state index in [-0.39, 0.29) is 11.4 Å². The topological polar surface area (TPSA) is 123 Å². The number of hydrazine groups is 1. The molecule has 0 saturated carbocycles. The van der Waals surface area contributed by atoms with Crippen molar-refractivity contribution in [3.05, 3.63) is 22.3 Å². The Balaban J connectivity index is 3.00. The minimum absolute atomic E-state index is 0.0189. The molecule has 0 aliphatic carbocycles. The first kappa shape index (κ1) is 14.6. The Labute approximate surface area is 112 Å². The minimum atomic E-state index is -0.772. The number of nitrogens with zero attached hydrogens (tertiary/aromatic N) is 2. The van der Waals surface area contributed by atoms with Crippen molar-refractivity contribution >= 4 is 33.6 Å². The van der Waals surface area contributed by atoms with E-state index in [1.54, 1.807) is 0 Å². The molecule has 5 N–H and O–H groups in total. The van der Waals surface area contributed by atoms with E-state index in [9.17, 15) is 9.59 Å². The van der Waals surface area contributed by atoms with Gasteiger partial charge in [0.05, 0.1) is 18.1 Å². The number of hydrogen-bond donors (Lipinski definition) is 3. The summed E-state index contributed by atoms with van der Waals surface area (Å²) in [6, 6.07) is 1.42. The zero-order valence-electron chi connectivity index (χ0n) is 9.63. The molecular formula is C10H13BrN4O3. The summed E-state index contributed by atoms with van der Waals surface area (Å²) < 4.78 is 0.538. The van der Waals surface area contributed by atoms with Crippen LogP contribution in [-0.4, -0.2) is 33.5 Å². The molecule has 0 aliphatic heterocycles. The number of aromatic nitrogens is 1. The summed E-state index contributed by atoms with van der Waals surface area (Å²) in [6.07, 6.45) is 1.42. The number of hydrogen-bond acceptors (Lipinski definition) is 6. The lowest BCUT2D eigenvalue weighted by atomic mass is 10.1. The number of aliphatic hydroxyl groups is 1. The van der Waals surface area contributed by atoms with Crippen molar-refractivity contribution < 1.29 is 14.7 Å². The van der Waals surface area contributed by atoms with Gasteiger partial charge in [0, 0.05) is 10.7 Å². The fraction of sp³-hybridized carbons (Fsp3) is 0.300. The molecule has 18 heavy (non-hydrogen) atoms. The number of pyridine rings is 1. The van der Waals surface area contributed by atoms with E-state index in [1.165, 1.54) is 19.2 Å². The molecule has 1 aromatic heterocycles. The maximum atomic E-state index is 11.9. The van der Waals surface area contributed by atoms with Crippen LogP contribution in [0.4, 0.5) is 5.82 Å². The molecule has 7 nitrogen and oxygen atoms in total. The third kappa shape index (κ3) is 3.03. The number of imide groups is 1. The molecule has 0 bridgehead atoms. The van der Waals surface area contributed by atoms with Gasteiger partial charge in [0.1, 0.15) is 5.82 Å². The molecule has 0 spiro atoms. The molecule has 98 valence electrons. The number of nitrogen functional groups attached to an aromatic ring is 1. The fourth-order valence-corrected chi connectivity index (χ4v) is 1.50. The van der Waals surface area contributed by atoms with Gasteiger partial charge in [-0.15, -0.1) is 0 Å². The first-order chi connectivity index (χ1) is 8.38. The molecule has 1 aromatic rings. The van der Waals surface area contributed by atoms with Crippen molar-refractivity contribution in [1.29, 1.82) is 0 Å². The molecule has 0 saturated heterocycles.